The molecule has 1 heterocycles. The first-order valence-corrected chi connectivity index (χ1v) is 8.38. The standard InChI is InChI=1S/C20H15F3O4/c1-2-25-17-7-12(20(21,22)23)3-4-14(17)16-8-13(24)5-11-6-18-19(9-15(11)16)27-10-26-18/h3-4,6-9H,2,5,10H2,1H3. The Labute approximate surface area is 153 Å². The van der Waals surface area contributed by atoms with Crippen LogP contribution in [-0.4, -0.2) is 19.2 Å². The van der Waals surface area contributed by atoms with Crippen molar-refractivity contribution in [2.75, 3.05) is 13.4 Å². The summed E-state index contributed by atoms with van der Waals surface area (Å²) in [5, 5.41) is 0. The Morgan fingerprint density at radius 1 is 1.07 bits per heavy atom. The Balaban J connectivity index is 1.87. The summed E-state index contributed by atoms with van der Waals surface area (Å²) in [5.41, 5.74) is 1.60. The molecule has 27 heavy (non-hydrogen) atoms. The SMILES string of the molecule is CCOc1cc(C(F)(F)F)ccc1C1=CC(=O)Cc2cc3c(cc21)OCO3. The van der Waals surface area contributed by atoms with Gasteiger partial charge in [0, 0.05) is 12.0 Å². The number of ether oxygens (including phenoxy) is 3. The van der Waals surface area contributed by atoms with Gasteiger partial charge in [0.1, 0.15) is 5.75 Å². The van der Waals surface area contributed by atoms with E-state index in [0.29, 0.717) is 22.6 Å². The largest absolute Gasteiger partial charge is 0.493 e. The van der Waals surface area contributed by atoms with E-state index in [9.17, 15) is 18.0 Å². The maximum Gasteiger partial charge on any atom is 0.416 e. The van der Waals surface area contributed by atoms with E-state index in [2.05, 4.69) is 0 Å². The quantitative estimate of drug-likeness (QED) is 0.797. The lowest BCUT2D eigenvalue weighted by Crippen LogP contribution is -2.12. The van der Waals surface area contributed by atoms with Gasteiger partial charge in [-0.1, -0.05) is 6.07 Å². The van der Waals surface area contributed by atoms with Crippen LogP contribution >= 0.6 is 0 Å². The first kappa shape index (κ1) is 17.5. The Kier molecular flexibility index (Phi) is 4.09. The summed E-state index contributed by atoms with van der Waals surface area (Å²) >= 11 is 0. The number of fused-ring (bicyclic) bond motifs is 2. The van der Waals surface area contributed by atoms with Gasteiger partial charge in [-0.15, -0.1) is 0 Å². The fourth-order valence-corrected chi connectivity index (χ4v) is 3.28. The smallest absolute Gasteiger partial charge is 0.416 e. The van der Waals surface area contributed by atoms with Gasteiger partial charge in [-0.05, 0) is 54.0 Å². The molecule has 140 valence electrons. The lowest BCUT2D eigenvalue weighted by molar-refractivity contribution is -0.137. The van der Waals surface area contributed by atoms with Crippen LogP contribution in [-0.2, 0) is 17.4 Å². The van der Waals surface area contributed by atoms with Crippen molar-refractivity contribution in [1.82, 2.24) is 0 Å². The van der Waals surface area contributed by atoms with Crippen LogP contribution in [0, 0.1) is 0 Å². The third-order valence-corrected chi connectivity index (χ3v) is 4.46. The maximum atomic E-state index is 13.1. The molecular weight excluding hydrogens is 361 g/mol. The molecule has 7 heteroatoms. The molecule has 0 bridgehead atoms. The highest BCUT2D eigenvalue weighted by atomic mass is 19.4. The highest BCUT2D eigenvalue weighted by Gasteiger charge is 2.32. The summed E-state index contributed by atoms with van der Waals surface area (Å²) in [4.78, 5) is 12.2. The predicted molar refractivity (Wildman–Crippen MR) is 91.0 cm³/mol. The molecule has 0 atom stereocenters. The summed E-state index contributed by atoms with van der Waals surface area (Å²) in [6.07, 6.45) is -2.85. The van der Waals surface area contributed by atoms with Gasteiger partial charge >= 0.3 is 6.18 Å². The fourth-order valence-electron chi connectivity index (χ4n) is 3.28. The maximum absolute atomic E-state index is 13.1. The highest BCUT2D eigenvalue weighted by molar-refractivity contribution is 6.06. The summed E-state index contributed by atoms with van der Waals surface area (Å²) in [5.74, 6) is 1.04. The number of benzene rings is 2. The number of rotatable bonds is 3. The molecule has 4 rings (SSSR count). The molecule has 2 aromatic rings. The van der Waals surface area contributed by atoms with E-state index in [1.54, 1.807) is 19.1 Å². The second-order valence-corrected chi connectivity index (χ2v) is 6.21. The van der Waals surface area contributed by atoms with Gasteiger partial charge in [-0.2, -0.15) is 13.2 Å². The van der Waals surface area contributed by atoms with Crippen molar-refractivity contribution < 1.29 is 32.2 Å². The monoisotopic (exact) mass is 376 g/mol. The topological polar surface area (TPSA) is 44.8 Å². The van der Waals surface area contributed by atoms with Gasteiger partial charge in [0.15, 0.2) is 17.3 Å². The number of allylic oxidation sites excluding steroid dienone is 1. The molecule has 0 spiro atoms. The van der Waals surface area contributed by atoms with Crippen LogP contribution < -0.4 is 14.2 Å². The van der Waals surface area contributed by atoms with Crippen LogP contribution in [0.15, 0.2) is 36.4 Å². The third kappa shape index (κ3) is 3.13. The fraction of sp³-hybridized carbons (Fsp3) is 0.250. The van der Waals surface area contributed by atoms with Crippen LogP contribution in [0.2, 0.25) is 0 Å². The van der Waals surface area contributed by atoms with E-state index in [0.717, 1.165) is 23.3 Å². The van der Waals surface area contributed by atoms with Gasteiger partial charge in [-0.3, -0.25) is 4.79 Å². The Bertz CT molecular complexity index is 960. The molecule has 0 radical (unpaired) electrons. The van der Waals surface area contributed by atoms with E-state index in [1.807, 2.05) is 0 Å². The van der Waals surface area contributed by atoms with E-state index >= 15 is 0 Å². The van der Waals surface area contributed by atoms with Crippen molar-refractivity contribution in [2.45, 2.75) is 19.5 Å². The van der Waals surface area contributed by atoms with Gasteiger partial charge < -0.3 is 14.2 Å². The zero-order valence-electron chi connectivity index (χ0n) is 14.4. The number of hydrogen-bond donors (Lipinski definition) is 0. The van der Waals surface area contributed by atoms with Crippen LogP contribution in [0.1, 0.15) is 29.2 Å². The van der Waals surface area contributed by atoms with E-state index in [4.69, 9.17) is 14.2 Å². The lowest BCUT2D eigenvalue weighted by Gasteiger charge is -2.21. The number of ketones is 1. The molecule has 2 aliphatic rings. The van der Waals surface area contributed by atoms with Crippen molar-refractivity contribution in [2.24, 2.45) is 0 Å². The van der Waals surface area contributed by atoms with E-state index in [-0.39, 0.29) is 31.4 Å². The molecule has 0 saturated carbocycles. The molecule has 0 aromatic heterocycles. The second kappa shape index (κ2) is 6.33. The number of hydrogen-bond acceptors (Lipinski definition) is 4. The predicted octanol–water partition coefficient (Wildman–Crippen LogP) is 4.39. The average molecular weight is 376 g/mol. The van der Waals surface area contributed by atoms with Crippen LogP contribution in [0.4, 0.5) is 13.2 Å². The van der Waals surface area contributed by atoms with Crippen molar-refractivity contribution in [1.29, 1.82) is 0 Å². The zero-order valence-corrected chi connectivity index (χ0v) is 14.4. The number of carbonyl (C=O) groups is 1. The lowest BCUT2D eigenvalue weighted by atomic mass is 9.85. The van der Waals surface area contributed by atoms with Crippen molar-refractivity contribution in [3.05, 3.63) is 58.7 Å². The van der Waals surface area contributed by atoms with Crippen LogP contribution in [0.5, 0.6) is 17.2 Å². The van der Waals surface area contributed by atoms with Gasteiger partial charge in [0.25, 0.3) is 0 Å². The van der Waals surface area contributed by atoms with E-state index < -0.39 is 11.7 Å². The van der Waals surface area contributed by atoms with E-state index in [1.165, 1.54) is 12.1 Å². The summed E-state index contributed by atoms with van der Waals surface area (Å²) < 4.78 is 55.5. The molecule has 0 saturated heterocycles. The number of carbonyl (C=O) groups excluding carboxylic acids is 1. The summed E-state index contributed by atoms with van der Waals surface area (Å²) in [6.45, 7) is 1.98. The Morgan fingerprint density at radius 3 is 2.52 bits per heavy atom. The molecule has 0 unspecified atom stereocenters. The van der Waals surface area contributed by atoms with Gasteiger partial charge in [0.05, 0.1) is 12.2 Å². The highest BCUT2D eigenvalue weighted by Crippen LogP contribution is 2.43. The molecule has 0 N–H and O–H groups in total. The summed E-state index contributed by atoms with van der Waals surface area (Å²) in [6, 6.07) is 6.79. The molecule has 4 nitrogen and oxygen atoms in total. The average Bonchev–Trinajstić information content (AvgIpc) is 3.06. The molecule has 0 amide bonds. The first-order chi connectivity index (χ1) is 12.9. The van der Waals surface area contributed by atoms with Crippen molar-refractivity contribution >= 4 is 11.4 Å². The van der Waals surface area contributed by atoms with Crippen LogP contribution in [0.3, 0.4) is 0 Å². The molecule has 1 aliphatic heterocycles. The van der Waals surface area contributed by atoms with Gasteiger partial charge in [0.2, 0.25) is 6.79 Å². The molecule has 1 aliphatic carbocycles. The Hall–Kier alpha value is -2.96. The normalized spacial score (nSPS) is 15.4. The minimum Gasteiger partial charge on any atom is -0.493 e. The minimum absolute atomic E-state index is 0.0805. The molecule has 2 aromatic carbocycles. The van der Waals surface area contributed by atoms with Crippen molar-refractivity contribution in [3.8, 4) is 17.2 Å². The third-order valence-electron chi connectivity index (χ3n) is 4.46. The van der Waals surface area contributed by atoms with Gasteiger partial charge in [-0.25, -0.2) is 0 Å². The number of alkyl halides is 3. The van der Waals surface area contributed by atoms with Crippen LogP contribution in [0.25, 0.3) is 5.57 Å². The zero-order chi connectivity index (χ0) is 19.2. The Morgan fingerprint density at radius 2 is 1.81 bits per heavy atom. The minimum atomic E-state index is -4.48. The van der Waals surface area contributed by atoms with Crippen molar-refractivity contribution in [3.63, 3.8) is 0 Å². The molecule has 0 fully saturated rings. The number of halogens is 3. The summed E-state index contributed by atoms with van der Waals surface area (Å²) in [7, 11) is 0. The first-order valence-electron chi connectivity index (χ1n) is 8.38. The molecular formula is C20H15F3O4. The second-order valence-electron chi connectivity index (χ2n) is 6.21.